The van der Waals surface area contributed by atoms with E-state index in [9.17, 15) is 4.39 Å². The van der Waals surface area contributed by atoms with Crippen molar-refractivity contribution in [1.82, 2.24) is 0 Å². The van der Waals surface area contributed by atoms with Gasteiger partial charge in [-0.3, -0.25) is 0 Å². The molecule has 0 aliphatic carbocycles. The molecule has 0 saturated heterocycles. The maximum atomic E-state index is 13.0. The van der Waals surface area contributed by atoms with E-state index in [0.29, 0.717) is 11.4 Å². The fraction of sp³-hybridized carbons (Fsp3) is 0.250. The summed E-state index contributed by atoms with van der Waals surface area (Å²) < 4.78 is 18.2. The van der Waals surface area contributed by atoms with Gasteiger partial charge in [-0.05, 0) is 48.7 Å². The topological polar surface area (TPSA) is 47.3 Å². The number of halogens is 1. The number of nitrogens with two attached hydrogens (primary N) is 1. The Morgan fingerprint density at radius 2 is 2.00 bits per heavy atom. The van der Waals surface area contributed by atoms with Gasteiger partial charge < -0.3 is 15.8 Å². The number of anilines is 2. The maximum absolute atomic E-state index is 13.0. The van der Waals surface area contributed by atoms with E-state index >= 15 is 0 Å². The van der Waals surface area contributed by atoms with Gasteiger partial charge in [0.05, 0.1) is 12.8 Å². The predicted molar refractivity (Wildman–Crippen MR) is 80.7 cm³/mol. The molecule has 2 aromatic carbocycles. The van der Waals surface area contributed by atoms with Crippen LogP contribution in [-0.4, -0.2) is 13.7 Å². The second-order valence-electron chi connectivity index (χ2n) is 4.70. The Hall–Kier alpha value is -2.23. The zero-order chi connectivity index (χ0) is 14.5. The summed E-state index contributed by atoms with van der Waals surface area (Å²) in [5, 5.41) is 3.31. The first-order chi connectivity index (χ1) is 9.60. The smallest absolute Gasteiger partial charge is 0.143 e. The third-order valence-corrected chi connectivity index (χ3v) is 3.26. The molecule has 0 saturated carbocycles. The van der Waals surface area contributed by atoms with Crippen molar-refractivity contribution in [2.75, 3.05) is 24.7 Å². The van der Waals surface area contributed by atoms with E-state index in [2.05, 4.69) is 5.32 Å². The molecule has 0 heterocycles. The van der Waals surface area contributed by atoms with E-state index < -0.39 is 0 Å². The summed E-state index contributed by atoms with van der Waals surface area (Å²) in [5.41, 5.74) is 9.45. The van der Waals surface area contributed by atoms with E-state index in [0.717, 1.165) is 29.8 Å². The van der Waals surface area contributed by atoms with Gasteiger partial charge in [-0.2, -0.15) is 0 Å². The minimum Gasteiger partial charge on any atom is -0.495 e. The van der Waals surface area contributed by atoms with Gasteiger partial charge in [-0.1, -0.05) is 6.07 Å². The Bertz CT molecular complexity index is 599. The van der Waals surface area contributed by atoms with E-state index in [4.69, 9.17) is 10.5 Å². The minimum absolute atomic E-state index is 0.192. The fourth-order valence-electron chi connectivity index (χ4n) is 2.10. The number of hydrogen-bond acceptors (Lipinski definition) is 3. The summed E-state index contributed by atoms with van der Waals surface area (Å²) in [7, 11) is 1.59. The first-order valence-electron chi connectivity index (χ1n) is 6.52. The fourth-order valence-corrected chi connectivity index (χ4v) is 2.10. The Labute approximate surface area is 118 Å². The molecule has 4 heteroatoms. The largest absolute Gasteiger partial charge is 0.495 e. The molecule has 0 aromatic heterocycles. The molecule has 0 bridgehead atoms. The molecule has 0 radical (unpaired) electrons. The molecule has 2 aromatic rings. The van der Waals surface area contributed by atoms with Gasteiger partial charge in [0.25, 0.3) is 0 Å². The van der Waals surface area contributed by atoms with Crippen molar-refractivity contribution in [2.45, 2.75) is 13.3 Å². The molecule has 3 nitrogen and oxygen atoms in total. The molecule has 0 amide bonds. The van der Waals surface area contributed by atoms with E-state index in [-0.39, 0.29) is 5.82 Å². The van der Waals surface area contributed by atoms with Crippen molar-refractivity contribution in [2.24, 2.45) is 0 Å². The average Bonchev–Trinajstić information content (AvgIpc) is 2.43. The molecule has 0 aliphatic rings. The summed E-state index contributed by atoms with van der Waals surface area (Å²) in [6.45, 7) is 2.68. The number of aryl methyl sites for hydroxylation is 1. The highest BCUT2D eigenvalue weighted by atomic mass is 19.1. The molecule has 0 fully saturated rings. The standard InChI is InChI=1S/C16H19FN2O/c1-11-9-13(17)4-3-12(11)7-8-19-14-5-6-15(18)16(10-14)20-2/h3-6,9-10,19H,7-8,18H2,1-2H3. The SMILES string of the molecule is COc1cc(NCCc2ccc(F)cc2C)ccc1N. The summed E-state index contributed by atoms with van der Waals surface area (Å²) in [6.07, 6.45) is 0.832. The van der Waals surface area contributed by atoms with E-state index in [1.165, 1.54) is 6.07 Å². The molecule has 3 N–H and O–H groups in total. The Morgan fingerprint density at radius 1 is 1.20 bits per heavy atom. The van der Waals surface area contributed by atoms with Gasteiger partial charge in [0.15, 0.2) is 0 Å². The number of methoxy groups -OCH3 is 1. The van der Waals surface area contributed by atoms with Crippen LogP contribution in [0.2, 0.25) is 0 Å². The normalized spacial score (nSPS) is 10.3. The second-order valence-corrected chi connectivity index (χ2v) is 4.70. The number of nitrogen functional groups attached to an aromatic ring is 1. The molecular formula is C16H19FN2O. The third kappa shape index (κ3) is 3.41. The number of nitrogens with one attached hydrogen (secondary N) is 1. The lowest BCUT2D eigenvalue weighted by molar-refractivity contribution is 0.417. The van der Waals surface area contributed by atoms with Crippen LogP contribution in [0.25, 0.3) is 0 Å². The van der Waals surface area contributed by atoms with Crippen LogP contribution in [0.3, 0.4) is 0 Å². The minimum atomic E-state index is -0.192. The molecule has 0 aliphatic heterocycles. The highest BCUT2D eigenvalue weighted by Crippen LogP contribution is 2.24. The quantitative estimate of drug-likeness (QED) is 0.822. The van der Waals surface area contributed by atoms with Gasteiger partial charge in [0.2, 0.25) is 0 Å². The van der Waals surface area contributed by atoms with E-state index in [1.807, 2.05) is 31.2 Å². The van der Waals surface area contributed by atoms with Crippen LogP contribution >= 0.6 is 0 Å². The summed E-state index contributed by atoms with van der Waals surface area (Å²) in [5.74, 6) is 0.468. The van der Waals surface area contributed by atoms with Crippen molar-refractivity contribution in [3.8, 4) is 5.75 Å². The van der Waals surface area contributed by atoms with Crippen molar-refractivity contribution in [1.29, 1.82) is 0 Å². The highest BCUT2D eigenvalue weighted by molar-refractivity contribution is 5.61. The first-order valence-corrected chi connectivity index (χ1v) is 6.52. The zero-order valence-electron chi connectivity index (χ0n) is 11.7. The molecule has 2 rings (SSSR count). The van der Waals surface area contributed by atoms with Crippen molar-refractivity contribution >= 4 is 11.4 Å². The summed E-state index contributed by atoms with van der Waals surface area (Å²) in [4.78, 5) is 0. The molecule has 0 atom stereocenters. The Balaban J connectivity index is 1.96. The number of hydrogen-bond donors (Lipinski definition) is 2. The van der Waals surface area contributed by atoms with Gasteiger partial charge in [0, 0.05) is 18.3 Å². The third-order valence-electron chi connectivity index (χ3n) is 3.26. The van der Waals surface area contributed by atoms with Crippen LogP contribution in [0, 0.1) is 12.7 Å². The van der Waals surface area contributed by atoms with Crippen LogP contribution in [0.5, 0.6) is 5.75 Å². The first kappa shape index (κ1) is 14.2. The van der Waals surface area contributed by atoms with Crippen LogP contribution in [0.1, 0.15) is 11.1 Å². The van der Waals surface area contributed by atoms with Gasteiger partial charge in [-0.15, -0.1) is 0 Å². The molecule has 0 spiro atoms. The van der Waals surface area contributed by atoms with Crippen LogP contribution in [0.4, 0.5) is 15.8 Å². The molecule has 0 unspecified atom stereocenters. The molecule has 106 valence electrons. The lowest BCUT2D eigenvalue weighted by Crippen LogP contribution is -2.06. The Kier molecular flexibility index (Phi) is 4.45. The summed E-state index contributed by atoms with van der Waals surface area (Å²) >= 11 is 0. The van der Waals surface area contributed by atoms with Crippen molar-refractivity contribution < 1.29 is 9.13 Å². The zero-order valence-corrected chi connectivity index (χ0v) is 11.7. The van der Waals surface area contributed by atoms with Crippen LogP contribution in [0.15, 0.2) is 36.4 Å². The predicted octanol–water partition coefficient (Wildman–Crippen LogP) is 3.38. The van der Waals surface area contributed by atoms with E-state index in [1.54, 1.807) is 13.2 Å². The second kappa shape index (κ2) is 6.28. The monoisotopic (exact) mass is 274 g/mol. The average molecular weight is 274 g/mol. The Morgan fingerprint density at radius 3 is 2.70 bits per heavy atom. The van der Waals surface area contributed by atoms with Gasteiger partial charge in [-0.25, -0.2) is 4.39 Å². The summed E-state index contributed by atoms with van der Waals surface area (Å²) in [6, 6.07) is 10.5. The van der Waals surface area contributed by atoms with Gasteiger partial charge in [0.1, 0.15) is 11.6 Å². The lowest BCUT2D eigenvalue weighted by Gasteiger charge is -2.11. The number of ether oxygens (including phenoxy) is 1. The van der Waals surface area contributed by atoms with Crippen molar-refractivity contribution in [3.63, 3.8) is 0 Å². The molecule has 20 heavy (non-hydrogen) atoms. The van der Waals surface area contributed by atoms with Crippen molar-refractivity contribution in [3.05, 3.63) is 53.3 Å². The lowest BCUT2D eigenvalue weighted by atomic mass is 10.1. The highest BCUT2D eigenvalue weighted by Gasteiger charge is 2.02. The molecular weight excluding hydrogens is 255 g/mol. The number of benzene rings is 2. The van der Waals surface area contributed by atoms with Gasteiger partial charge >= 0.3 is 0 Å². The number of rotatable bonds is 5. The van der Waals surface area contributed by atoms with Crippen LogP contribution < -0.4 is 15.8 Å². The maximum Gasteiger partial charge on any atom is 0.143 e. The van der Waals surface area contributed by atoms with Crippen LogP contribution in [-0.2, 0) is 6.42 Å².